The summed E-state index contributed by atoms with van der Waals surface area (Å²) in [4.78, 5) is 12.9. The molecule has 158 valence electrons. The molecule has 0 radical (unpaired) electrons. The number of nitrogens with zero attached hydrogens (tertiary/aromatic N) is 3. The molecule has 10 heteroatoms. The molecule has 0 aliphatic rings. The second kappa shape index (κ2) is 8.95. The van der Waals surface area contributed by atoms with E-state index < -0.39 is 6.36 Å². The maximum Gasteiger partial charge on any atom is 0.573 e. The van der Waals surface area contributed by atoms with Gasteiger partial charge in [-0.3, -0.25) is 4.98 Å². The molecular formula is C20H20F3N5O2. The van der Waals surface area contributed by atoms with E-state index >= 15 is 0 Å². The lowest BCUT2D eigenvalue weighted by atomic mass is 10.1. The topological polar surface area (TPSA) is 92.2 Å². The van der Waals surface area contributed by atoms with Gasteiger partial charge in [0.05, 0.1) is 12.3 Å². The molecular weight excluding hydrogens is 399 g/mol. The van der Waals surface area contributed by atoms with Crippen molar-refractivity contribution in [2.45, 2.75) is 26.3 Å². The predicted octanol–water partition coefficient (Wildman–Crippen LogP) is 4.28. The summed E-state index contributed by atoms with van der Waals surface area (Å²) in [7, 11) is 0. The lowest BCUT2D eigenvalue weighted by Gasteiger charge is -2.16. The summed E-state index contributed by atoms with van der Waals surface area (Å²) in [6.07, 6.45) is -1.46. The minimum Gasteiger partial charge on any atom is -0.406 e. The molecule has 1 aromatic carbocycles. The number of hydrogen-bond donors (Lipinski definition) is 3. The maximum absolute atomic E-state index is 12.4. The van der Waals surface area contributed by atoms with Crippen molar-refractivity contribution in [2.24, 2.45) is 0 Å². The van der Waals surface area contributed by atoms with Gasteiger partial charge in [0.1, 0.15) is 11.6 Å². The van der Waals surface area contributed by atoms with Crippen molar-refractivity contribution in [1.29, 1.82) is 0 Å². The van der Waals surface area contributed by atoms with E-state index in [1.807, 2.05) is 6.07 Å². The Hall–Kier alpha value is -3.40. The number of anilines is 3. The van der Waals surface area contributed by atoms with E-state index in [-0.39, 0.29) is 24.3 Å². The second-order valence-corrected chi connectivity index (χ2v) is 6.58. The minimum absolute atomic E-state index is 0.108. The average molecular weight is 419 g/mol. The highest BCUT2D eigenvalue weighted by Gasteiger charge is 2.31. The standard InChI is InChI=1S/C20H20F3N5O2/c1-12-8-15(30-20(21,22)23)5-6-16(12)26-18-9-17(14-4-3-7-24-10-14)27-19(28-18)25-13(2)11-29/h3-10,13,29H,11H2,1-2H3,(H2,25,26,27,28)/t13-/m1/s1. The van der Waals surface area contributed by atoms with Gasteiger partial charge in [-0.1, -0.05) is 0 Å². The molecule has 0 aliphatic carbocycles. The Bertz CT molecular complexity index is 999. The van der Waals surface area contributed by atoms with E-state index in [2.05, 4.69) is 30.3 Å². The summed E-state index contributed by atoms with van der Waals surface area (Å²) in [5.74, 6) is 0.405. The number of ether oxygens (including phenoxy) is 1. The highest BCUT2D eigenvalue weighted by Crippen LogP contribution is 2.29. The van der Waals surface area contributed by atoms with Crippen LogP contribution in [-0.4, -0.2) is 39.1 Å². The molecule has 3 aromatic rings. The molecule has 0 unspecified atom stereocenters. The molecule has 3 N–H and O–H groups in total. The van der Waals surface area contributed by atoms with Gasteiger partial charge >= 0.3 is 6.36 Å². The fourth-order valence-corrected chi connectivity index (χ4v) is 2.62. The van der Waals surface area contributed by atoms with E-state index in [0.29, 0.717) is 22.8 Å². The first kappa shape index (κ1) is 21.3. The smallest absolute Gasteiger partial charge is 0.406 e. The summed E-state index contributed by atoms with van der Waals surface area (Å²) in [5.41, 5.74) is 2.44. The van der Waals surface area contributed by atoms with Gasteiger partial charge in [0.25, 0.3) is 0 Å². The van der Waals surface area contributed by atoms with Crippen molar-refractivity contribution in [3.63, 3.8) is 0 Å². The Balaban J connectivity index is 1.92. The number of pyridine rings is 1. The zero-order valence-electron chi connectivity index (χ0n) is 16.2. The van der Waals surface area contributed by atoms with Crippen LogP contribution in [0.4, 0.5) is 30.6 Å². The Morgan fingerprint density at radius 2 is 1.97 bits per heavy atom. The summed E-state index contributed by atoms with van der Waals surface area (Å²) in [5, 5.41) is 15.4. The van der Waals surface area contributed by atoms with Gasteiger partial charge in [-0.2, -0.15) is 4.98 Å². The number of hydrogen-bond acceptors (Lipinski definition) is 7. The number of benzene rings is 1. The number of aliphatic hydroxyl groups excluding tert-OH is 1. The fourth-order valence-electron chi connectivity index (χ4n) is 2.62. The Kier molecular flexibility index (Phi) is 6.36. The summed E-state index contributed by atoms with van der Waals surface area (Å²) >= 11 is 0. The highest BCUT2D eigenvalue weighted by atomic mass is 19.4. The molecule has 0 aliphatic heterocycles. The second-order valence-electron chi connectivity index (χ2n) is 6.58. The van der Waals surface area contributed by atoms with Crippen LogP contribution in [0.2, 0.25) is 0 Å². The number of nitrogens with one attached hydrogen (secondary N) is 2. The number of aliphatic hydroxyl groups is 1. The zero-order valence-corrected chi connectivity index (χ0v) is 16.2. The summed E-state index contributed by atoms with van der Waals surface area (Å²) < 4.78 is 41.2. The van der Waals surface area contributed by atoms with Crippen LogP contribution in [0.3, 0.4) is 0 Å². The molecule has 0 fully saturated rings. The molecule has 0 spiro atoms. The first-order valence-electron chi connectivity index (χ1n) is 9.04. The fraction of sp³-hybridized carbons (Fsp3) is 0.250. The van der Waals surface area contributed by atoms with Gasteiger partial charge < -0.3 is 20.5 Å². The molecule has 2 aromatic heterocycles. The third-order valence-corrected chi connectivity index (χ3v) is 4.03. The Morgan fingerprint density at radius 3 is 2.60 bits per heavy atom. The van der Waals surface area contributed by atoms with E-state index in [9.17, 15) is 18.3 Å². The largest absolute Gasteiger partial charge is 0.573 e. The SMILES string of the molecule is Cc1cc(OC(F)(F)F)ccc1Nc1cc(-c2cccnc2)nc(N[C@H](C)CO)n1. The van der Waals surface area contributed by atoms with Crippen LogP contribution in [0.5, 0.6) is 5.75 Å². The normalized spacial score (nSPS) is 12.3. The first-order valence-corrected chi connectivity index (χ1v) is 9.04. The molecule has 2 heterocycles. The van der Waals surface area contributed by atoms with Gasteiger partial charge in [0.2, 0.25) is 5.95 Å². The maximum atomic E-state index is 12.4. The highest BCUT2D eigenvalue weighted by molar-refractivity contribution is 5.68. The Morgan fingerprint density at radius 1 is 1.17 bits per heavy atom. The van der Waals surface area contributed by atoms with Crippen LogP contribution in [0.15, 0.2) is 48.8 Å². The molecule has 0 bridgehead atoms. The van der Waals surface area contributed by atoms with Crippen LogP contribution in [0, 0.1) is 6.92 Å². The van der Waals surface area contributed by atoms with Crippen molar-refractivity contribution in [3.8, 4) is 17.0 Å². The van der Waals surface area contributed by atoms with Crippen LogP contribution in [0.25, 0.3) is 11.3 Å². The van der Waals surface area contributed by atoms with Crippen molar-refractivity contribution < 1.29 is 23.0 Å². The summed E-state index contributed by atoms with van der Waals surface area (Å²) in [6.45, 7) is 3.32. The van der Waals surface area contributed by atoms with Gasteiger partial charge in [-0.15, -0.1) is 13.2 Å². The van der Waals surface area contributed by atoms with E-state index in [1.54, 1.807) is 38.4 Å². The van der Waals surface area contributed by atoms with Crippen LogP contribution < -0.4 is 15.4 Å². The van der Waals surface area contributed by atoms with Crippen molar-refractivity contribution in [2.75, 3.05) is 17.2 Å². The van der Waals surface area contributed by atoms with Crippen molar-refractivity contribution in [3.05, 3.63) is 54.4 Å². The van der Waals surface area contributed by atoms with Gasteiger partial charge in [0, 0.05) is 35.8 Å². The van der Waals surface area contributed by atoms with E-state index in [0.717, 1.165) is 5.56 Å². The number of halogens is 3. The van der Waals surface area contributed by atoms with Gasteiger partial charge in [-0.05, 0) is 49.7 Å². The van der Waals surface area contributed by atoms with E-state index in [1.165, 1.54) is 18.2 Å². The average Bonchev–Trinajstić information content (AvgIpc) is 2.69. The van der Waals surface area contributed by atoms with Crippen LogP contribution >= 0.6 is 0 Å². The van der Waals surface area contributed by atoms with Crippen LogP contribution in [0.1, 0.15) is 12.5 Å². The molecule has 7 nitrogen and oxygen atoms in total. The van der Waals surface area contributed by atoms with Gasteiger partial charge in [0.15, 0.2) is 0 Å². The lowest BCUT2D eigenvalue weighted by Crippen LogP contribution is -2.21. The lowest BCUT2D eigenvalue weighted by molar-refractivity contribution is -0.274. The molecule has 3 rings (SSSR count). The van der Waals surface area contributed by atoms with E-state index in [4.69, 9.17) is 0 Å². The molecule has 0 saturated heterocycles. The van der Waals surface area contributed by atoms with Crippen LogP contribution in [-0.2, 0) is 0 Å². The molecule has 0 amide bonds. The van der Waals surface area contributed by atoms with Crippen molar-refractivity contribution in [1.82, 2.24) is 15.0 Å². The number of aromatic nitrogens is 3. The number of alkyl halides is 3. The third kappa shape index (κ3) is 5.80. The Labute approximate surface area is 171 Å². The number of aryl methyl sites for hydroxylation is 1. The van der Waals surface area contributed by atoms with Crippen molar-refractivity contribution >= 4 is 17.5 Å². The molecule has 1 atom stereocenters. The molecule has 0 saturated carbocycles. The zero-order chi connectivity index (χ0) is 21.7. The summed E-state index contributed by atoms with van der Waals surface area (Å²) in [6, 6.07) is 9.02. The van der Waals surface area contributed by atoms with Gasteiger partial charge in [-0.25, -0.2) is 4.98 Å². The molecule has 30 heavy (non-hydrogen) atoms. The predicted molar refractivity (Wildman–Crippen MR) is 107 cm³/mol. The monoisotopic (exact) mass is 419 g/mol. The quantitative estimate of drug-likeness (QED) is 0.526. The first-order chi connectivity index (χ1) is 14.2. The number of rotatable bonds is 7. The third-order valence-electron chi connectivity index (χ3n) is 4.03. The minimum atomic E-state index is -4.75.